The van der Waals surface area contributed by atoms with Crippen LogP contribution in [0.15, 0.2) is 18.2 Å². The van der Waals surface area contributed by atoms with Crippen LogP contribution in [0.3, 0.4) is 0 Å². The van der Waals surface area contributed by atoms with Gasteiger partial charge < -0.3 is 20.1 Å². The summed E-state index contributed by atoms with van der Waals surface area (Å²) in [6, 6.07) is 5.11. The predicted octanol–water partition coefficient (Wildman–Crippen LogP) is 2.35. The van der Waals surface area contributed by atoms with Crippen molar-refractivity contribution in [3.05, 3.63) is 28.8 Å². The number of methoxy groups -OCH3 is 1. The number of hydrogen-bond acceptors (Lipinski definition) is 4. The van der Waals surface area contributed by atoms with Gasteiger partial charge in [0, 0.05) is 31.3 Å². The number of hydrogen-bond donors (Lipinski definition) is 1. The fraction of sp³-hybridized carbons (Fsp3) is 0.533. The highest BCUT2D eigenvalue weighted by Crippen LogP contribution is 2.25. The molecule has 1 atom stereocenters. The Kier molecular flexibility index (Phi) is 7.96. The van der Waals surface area contributed by atoms with Crippen LogP contribution in [0.1, 0.15) is 23.2 Å². The summed E-state index contributed by atoms with van der Waals surface area (Å²) in [6.07, 6.45) is 1.88. The summed E-state index contributed by atoms with van der Waals surface area (Å²) in [7, 11) is 1.60. The van der Waals surface area contributed by atoms with Crippen LogP contribution < -0.4 is 10.5 Å². The molecule has 7 heteroatoms. The van der Waals surface area contributed by atoms with E-state index in [4.69, 9.17) is 26.8 Å². The summed E-state index contributed by atoms with van der Waals surface area (Å²) in [4.78, 5) is 14.4. The molecule has 0 spiro atoms. The number of piperidine rings is 1. The molecular formula is C15H22Cl2N2O3. The van der Waals surface area contributed by atoms with E-state index in [0.717, 1.165) is 19.4 Å². The quantitative estimate of drug-likeness (QED) is 0.829. The molecule has 0 aromatic heterocycles. The zero-order valence-corrected chi connectivity index (χ0v) is 14.2. The number of likely N-dealkylation sites (tertiary alicyclic amines) is 1. The lowest BCUT2D eigenvalue weighted by atomic mass is 10.0. The lowest BCUT2D eigenvalue weighted by Gasteiger charge is -2.31. The Morgan fingerprint density at radius 1 is 1.45 bits per heavy atom. The minimum absolute atomic E-state index is 0. The fourth-order valence-corrected chi connectivity index (χ4v) is 2.57. The van der Waals surface area contributed by atoms with E-state index in [2.05, 4.69) is 0 Å². The smallest absolute Gasteiger partial charge is 0.257 e. The van der Waals surface area contributed by atoms with Gasteiger partial charge >= 0.3 is 0 Å². The summed E-state index contributed by atoms with van der Waals surface area (Å²) >= 11 is 6.01. The van der Waals surface area contributed by atoms with Gasteiger partial charge in [0.15, 0.2) is 0 Å². The van der Waals surface area contributed by atoms with E-state index in [1.54, 1.807) is 30.2 Å². The first-order chi connectivity index (χ1) is 10.1. The maximum Gasteiger partial charge on any atom is 0.257 e. The van der Waals surface area contributed by atoms with Crippen LogP contribution in [-0.4, -0.2) is 50.3 Å². The Balaban J connectivity index is 0.00000242. The molecule has 1 fully saturated rings. The van der Waals surface area contributed by atoms with Gasteiger partial charge in [-0.05, 0) is 31.0 Å². The minimum atomic E-state index is -0.0833. The normalized spacial score (nSPS) is 17.8. The molecular weight excluding hydrogens is 327 g/mol. The maximum atomic E-state index is 12.7. The number of nitrogens with two attached hydrogens (primary N) is 1. The second-order valence-electron chi connectivity index (χ2n) is 5.14. The van der Waals surface area contributed by atoms with E-state index in [1.807, 2.05) is 0 Å². The largest absolute Gasteiger partial charge is 0.490 e. The number of amides is 1. The number of halogens is 2. The fourth-order valence-electron chi connectivity index (χ4n) is 2.39. The van der Waals surface area contributed by atoms with Crippen molar-refractivity contribution in [2.45, 2.75) is 18.9 Å². The number of carbonyl (C=O) groups is 1. The molecule has 1 aliphatic rings. The van der Waals surface area contributed by atoms with E-state index in [0.29, 0.717) is 36.1 Å². The van der Waals surface area contributed by atoms with Crippen LogP contribution in [0.25, 0.3) is 0 Å². The highest BCUT2D eigenvalue weighted by molar-refractivity contribution is 6.31. The van der Waals surface area contributed by atoms with Crippen molar-refractivity contribution in [1.82, 2.24) is 4.90 Å². The second kappa shape index (κ2) is 9.20. The summed E-state index contributed by atoms with van der Waals surface area (Å²) < 4.78 is 10.6. The lowest BCUT2D eigenvalue weighted by molar-refractivity contribution is 0.0702. The summed E-state index contributed by atoms with van der Waals surface area (Å²) in [5, 5.41) is 0.513. The SMILES string of the molecule is COCCOc1ccc(Cl)cc1C(=O)N1CCCC(N)C1.Cl. The Bertz CT molecular complexity index is 500. The van der Waals surface area contributed by atoms with Gasteiger partial charge in [-0.3, -0.25) is 4.79 Å². The molecule has 1 heterocycles. The van der Waals surface area contributed by atoms with Gasteiger partial charge in [0.1, 0.15) is 12.4 Å². The van der Waals surface area contributed by atoms with Gasteiger partial charge in [-0.1, -0.05) is 11.6 Å². The number of benzene rings is 1. The van der Waals surface area contributed by atoms with Gasteiger partial charge in [0.25, 0.3) is 5.91 Å². The topological polar surface area (TPSA) is 64.8 Å². The molecule has 1 aliphatic heterocycles. The molecule has 1 unspecified atom stereocenters. The molecule has 0 radical (unpaired) electrons. The van der Waals surface area contributed by atoms with E-state index < -0.39 is 0 Å². The molecule has 2 N–H and O–H groups in total. The van der Waals surface area contributed by atoms with Crippen LogP contribution in [0.5, 0.6) is 5.75 Å². The first-order valence-electron chi connectivity index (χ1n) is 7.08. The van der Waals surface area contributed by atoms with E-state index in [9.17, 15) is 4.79 Å². The standard InChI is InChI=1S/C15H21ClN2O3.ClH/c1-20-7-8-21-14-5-4-11(16)9-13(14)15(19)18-6-2-3-12(17)10-18;/h4-5,9,12H,2-3,6-8,10,17H2,1H3;1H. The average molecular weight is 349 g/mol. The third kappa shape index (κ3) is 5.02. The molecule has 1 aromatic carbocycles. The van der Waals surface area contributed by atoms with Gasteiger partial charge in [0.05, 0.1) is 12.2 Å². The van der Waals surface area contributed by atoms with Crippen molar-refractivity contribution in [3.63, 3.8) is 0 Å². The first kappa shape index (κ1) is 19.0. The van der Waals surface area contributed by atoms with Crippen LogP contribution >= 0.6 is 24.0 Å². The summed E-state index contributed by atoms with van der Waals surface area (Å²) in [5.41, 5.74) is 6.42. The third-order valence-corrected chi connectivity index (χ3v) is 3.70. The van der Waals surface area contributed by atoms with Gasteiger partial charge in [-0.2, -0.15) is 0 Å². The minimum Gasteiger partial charge on any atom is -0.490 e. The third-order valence-electron chi connectivity index (χ3n) is 3.46. The Morgan fingerprint density at radius 2 is 2.23 bits per heavy atom. The van der Waals surface area contributed by atoms with Crippen LogP contribution in [-0.2, 0) is 4.74 Å². The van der Waals surface area contributed by atoms with Crippen LogP contribution in [0, 0.1) is 0 Å². The molecule has 22 heavy (non-hydrogen) atoms. The molecule has 1 saturated heterocycles. The maximum absolute atomic E-state index is 12.7. The predicted molar refractivity (Wildman–Crippen MR) is 89.2 cm³/mol. The zero-order chi connectivity index (χ0) is 15.2. The number of rotatable bonds is 5. The highest BCUT2D eigenvalue weighted by Gasteiger charge is 2.24. The Labute approximate surface area is 142 Å². The van der Waals surface area contributed by atoms with Crippen molar-refractivity contribution in [2.75, 3.05) is 33.4 Å². The lowest BCUT2D eigenvalue weighted by Crippen LogP contribution is -2.45. The van der Waals surface area contributed by atoms with Crippen molar-refractivity contribution in [2.24, 2.45) is 5.73 Å². The van der Waals surface area contributed by atoms with E-state index in [-0.39, 0.29) is 24.4 Å². The number of carbonyl (C=O) groups excluding carboxylic acids is 1. The molecule has 1 aromatic rings. The Morgan fingerprint density at radius 3 is 2.91 bits per heavy atom. The zero-order valence-electron chi connectivity index (χ0n) is 12.6. The summed E-state index contributed by atoms with van der Waals surface area (Å²) in [6.45, 7) is 2.14. The van der Waals surface area contributed by atoms with Crippen molar-refractivity contribution in [3.8, 4) is 5.75 Å². The molecule has 5 nitrogen and oxygen atoms in total. The van der Waals surface area contributed by atoms with Crippen molar-refractivity contribution in [1.29, 1.82) is 0 Å². The number of nitrogens with zero attached hydrogens (tertiary/aromatic N) is 1. The molecule has 0 bridgehead atoms. The molecule has 0 saturated carbocycles. The van der Waals surface area contributed by atoms with Gasteiger partial charge in [-0.15, -0.1) is 12.4 Å². The Hall–Kier alpha value is -1.01. The van der Waals surface area contributed by atoms with Crippen molar-refractivity contribution >= 4 is 29.9 Å². The van der Waals surface area contributed by atoms with E-state index >= 15 is 0 Å². The highest BCUT2D eigenvalue weighted by atomic mass is 35.5. The molecule has 1 amide bonds. The summed E-state index contributed by atoms with van der Waals surface area (Å²) in [5.74, 6) is 0.445. The van der Waals surface area contributed by atoms with E-state index in [1.165, 1.54) is 0 Å². The van der Waals surface area contributed by atoms with Gasteiger partial charge in [0.2, 0.25) is 0 Å². The number of ether oxygens (including phenoxy) is 2. The first-order valence-corrected chi connectivity index (χ1v) is 7.45. The van der Waals surface area contributed by atoms with Crippen LogP contribution in [0.4, 0.5) is 0 Å². The van der Waals surface area contributed by atoms with Gasteiger partial charge in [-0.25, -0.2) is 0 Å². The van der Waals surface area contributed by atoms with Crippen LogP contribution in [0.2, 0.25) is 5.02 Å². The molecule has 0 aliphatic carbocycles. The second-order valence-corrected chi connectivity index (χ2v) is 5.57. The molecule has 124 valence electrons. The average Bonchev–Trinajstić information content (AvgIpc) is 2.48. The monoisotopic (exact) mass is 348 g/mol. The molecule has 2 rings (SSSR count). The van der Waals surface area contributed by atoms with Crippen molar-refractivity contribution < 1.29 is 14.3 Å².